The lowest BCUT2D eigenvalue weighted by Crippen LogP contribution is -2.51. The maximum absolute atomic E-state index is 12.1. The van der Waals surface area contributed by atoms with Gasteiger partial charge in [0.1, 0.15) is 0 Å². The molecule has 1 aromatic rings. The van der Waals surface area contributed by atoms with Gasteiger partial charge in [0.25, 0.3) is 5.69 Å². The number of carbonyl (C=O) groups excluding carboxylic acids is 1. The first-order chi connectivity index (χ1) is 8.29. The van der Waals surface area contributed by atoms with Crippen LogP contribution in [-0.2, 0) is 4.79 Å². The van der Waals surface area contributed by atoms with Crippen molar-refractivity contribution in [1.82, 2.24) is 5.32 Å². The van der Waals surface area contributed by atoms with E-state index in [0.717, 1.165) is 0 Å². The van der Waals surface area contributed by atoms with Crippen molar-refractivity contribution in [2.75, 3.05) is 19.0 Å². The van der Waals surface area contributed by atoms with Crippen LogP contribution < -0.4 is 10.2 Å². The molecular formula is C12H17N3O3. The molecular weight excluding hydrogens is 234 g/mol. The Morgan fingerprint density at radius 2 is 1.83 bits per heavy atom. The number of anilines is 1. The van der Waals surface area contributed by atoms with Crippen LogP contribution >= 0.6 is 0 Å². The highest BCUT2D eigenvalue weighted by Gasteiger charge is 2.29. The lowest BCUT2D eigenvalue weighted by Gasteiger charge is -2.28. The number of hydrogen-bond donors (Lipinski definition) is 1. The van der Waals surface area contributed by atoms with Crippen LogP contribution in [0, 0.1) is 10.1 Å². The van der Waals surface area contributed by atoms with E-state index in [9.17, 15) is 14.9 Å². The first kappa shape index (κ1) is 14.1. The zero-order valence-corrected chi connectivity index (χ0v) is 10.9. The molecule has 1 amide bonds. The van der Waals surface area contributed by atoms with Gasteiger partial charge >= 0.3 is 0 Å². The second-order valence-electron chi connectivity index (χ2n) is 4.51. The Morgan fingerprint density at radius 3 is 2.22 bits per heavy atom. The third kappa shape index (κ3) is 2.84. The van der Waals surface area contributed by atoms with Gasteiger partial charge in [-0.15, -0.1) is 0 Å². The summed E-state index contributed by atoms with van der Waals surface area (Å²) in [5.41, 5.74) is -0.0577. The molecule has 0 unspecified atom stereocenters. The normalized spacial score (nSPS) is 11.1. The minimum absolute atomic E-state index is 0.00692. The molecule has 0 fully saturated rings. The van der Waals surface area contributed by atoms with Gasteiger partial charge in [-0.1, -0.05) is 0 Å². The molecule has 0 spiro atoms. The van der Waals surface area contributed by atoms with E-state index in [1.54, 1.807) is 40.1 Å². The fraction of sp³-hybridized carbons (Fsp3) is 0.417. The highest BCUT2D eigenvalue weighted by atomic mass is 16.6. The molecule has 0 saturated carbocycles. The van der Waals surface area contributed by atoms with Crippen molar-refractivity contribution in [2.24, 2.45) is 0 Å². The van der Waals surface area contributed by atoms with E-state index in [-0.39, 0.29) is 11.6 Å². The fourth-order valence-electron chi connectivity index (χ4n) is 1.44. The molecule has 1 aromatic carbocycles. The van der Waals surface area contributed by atoms with Crippen molar-refractivity contribution in [3.05, 3.63) is 34.4 Å². The van der Waals surface area contributed by atoms with Crippen molar-refractivity contribution in [1.29, 1.82) is 0 Å². The summed E-state index contributed by atoms with van der Waals surface area (Å²) in [6, 6.07) is 5.88. The van der Waals surface area contributed by atoms with E-state index < -0.39 is 10.5 Å². The lowest BCUT2D eigenvalue weighted by atomic mass is 10.0. The monoisotopic (exact) mass is 251 g/mol. The average molecular weight is 251 g/mol. The number of amides is 1. The standard InChI is InChI=1S/C12H17N3O3/c1-12(2,13-3)11(16)14(4)9-5-7-10(8-6-9)15(17)18/h5-8,13H,1-4H3. The minimum atomic E-state index is -0.684. The first-order valence-corrected chi connectivity index (χ1v) is 5.51. The number of nitrogens with zero attached hydrogens (tertiary/aromatic N) is 2. The number of rotatable bonds is 4. The van der Waals surface area contributed by atoms with Crippen LogP contribution in [-0.4, -0.2) is 30.5 Å². The molecule has 0 atom stereocenters. The zero-order valence-electron chi connectivity index (χ0n) is 10.9. The van der Waals surface area contributed by atoms with Gasteiger partial charge in [0, 0.05) is 24.9 Å². The minimum Gasteiger partial charge on any atom is -0.314 e. The van der Waals surface area contributed by atoms with E-state index in [4.69, 9.17) is 0 Å². The Bertz CT molecular complexity index is 454. The highest BCUT2D eigenvalue weighted by molar-refractivity contribution is 5.99. The molecule has 1 rings (SSSR count). The van der Waals surface area contributed by atoms with Crippen LogP contribution in [0.15, 0.2) is 24.3 Å². The SMILES string of the molecule is CNC(C)(C)C(=O)N(C)c1ccc([N+](=O)[O-])cc1. The van der Waals surface area contributed by atoms with E-state index in [1.165, 1.54) is 17.0 Å². The number of carbonyl (C=O) groups is 1. The number of nitro benzene ring substituents is 1. The molecule has 0 radical (unpaired) electrons. The molecule has 0 aliphatic carbocycles. The van der Waals surface area contributed by atoms with Crippen molar-refractivity contribution in [3.8, 4) is 0 Å². The molecule has 0 heterocycles. The van der Waals surface area contributed by atoms with E-state index >= 15 is 0 Å². The number of benzene rings is 1. The van der Waals surface area contributed by atoms with Gasteiger partial charge < -0.3 is 10.2 Å². The number of non-ortho nitro benzene ring substituents is 1. The van der Waals surface area contributed by atoms with Crippen LogP contribution in [0.4, 0.5) is 11.4 Å². The lowest BCUT2D eigenvalue weighted by molar-refractivity contribution is -0.384. The van der Waals surface area contributed by atoms with Crippen molar-refractivity contribution in [2.45, 2.75) is 19.4 Å². The molecule has 18 heavy (non-hydrogen) atoms. The summed E-state index contributed by atoms with van der Waals surface area (Å²) >= 11 is 0. The molecule has 0 aliphatic heterocycles. The number of nitro groups is 1. The second-order valence-corrected chi connectivity index (χ2v) is 4.51. The smallest absolute Gasteiger partial charge is 0.269 e. The first-order valence-electron chi connectivity index (χ1n) is 5.51. The Morgan fingerprint density at radius 1 is 1.33 bits per heavy atom. The Kier molecular flexibility index (Phi) is 4.03. The van der Waals surface area contributed by atoms with Crippen molar-refractivity contribution < 1.29 is 9.72 Å². The van der Waals surface area contributed by atoms with Gasteiger partial charge in [0.05, 0.1) is 10.5 Å². The predicted molar refractivity (Wildman–Crippen MR) is 69.6 cm³/mol. The third-order valence-corrected chi connectivity index (χ3v) is 2.91. The third-order valence-electron chi connectivity index (χ3n) is 2.91. The number of nitrogens with one attached hydrogen (secondary N) is 1. The largest absolute Gasteiger partial charge is 0.314 e. The summed E-state index contributed by atoms with van der Waals surface area (Å²) in [5.74, 6) is -0.112. The summed E-state index contributed by atoms with van der Waals surface area (Å²) in [4.78, 5) is 23.7. The van der Waals surface area contributed by atoms with Gasteiger partial charge in [-0.3, -0.25) is 14.9 Å². The molecule has 0 aromatic heterocycles. The van der Waals surface area contributed by atoms with Gasteiger partial charge in [-0.05, 0) is 33.0 Å². The van der Waals surface area contributed by atoms with Gasteiger partial charge in [0.2, 0.25) is 5.91 Å². The summed E-state index contributed by atoms with van der Waals surface area (Å²) in [6.45, 7) is 3.55. The number of likely N-dealkylation sites (N-methyl/N-ethyl adjacent to an activating group) is 2. The van der Waals surface area contributed by atoms with Gasteiger partial charge in [0.15, 0.2) is 0 Å². The summed E-state index contributed by atoms with van der Waals surface area (Å²) in [5, 5.41) is 13.5. The molecule has 6 heteroatoms. The molecule has 0 saturated heterocycles. The Hall–Kier alpha value is -1.95. The molecule has 6 nitrogen and oxygen atoms in total. The fourth-order valence-corrected chi connectivity index (χ4v) is 1.44. The average Bonchev–Trinajstić information content (AvgIpc) is 2.37. The van der Waals surface area contributed by atoms with E-state index in [0.29, 0.717) is 5.69 Å². The Labute approximate surface area is 106 Å². The predicted octanol–water partition coefficient (Wildman–Crippen LogP) is 1.56. The summed E-state index contributed by atoms with van der Waals surface area (Å²) < 4.78 is 0. The van der Waals surface area contributed by atoms with Crippen LogP contribution in [0.5, 0.6) is 0 Å². The summed E-state index contributed by atoms with van der Waals surface area (Å²) in [7, 11) is 3.35. The maximum atomic E-state index is 12.1. The van der Waals surface area contributed by atoms with Gasteiger partial charge in [-0.2, -0.15) is 0 Å². The molecule has 98 valence electrons. The molecule has 0 aliphatic rings. The highest BCUT2D eigenvalue weighted by Crippen LogP contribution is 2.20. The maximum Gasteiger partial charge on any atom is 0.269 e. The van der Waals surface area contributed by atoms with Crippen LogP contribution in [0.1, 0.15) is 13.8 Å². The number of hydrogen-bond acceptors (Lipinski definition) is 4. The second kappa shape index (κ2) is 5.14. The Balaban J connectivity index is 2.94. The van der Waals surface area contributed by atoms with E-state index in [2.05, 4.69) is 5.32 Å². The molecule has 1 N–H and O–H groups in total. The van der Waals surface area contributed by atoms with Crippen molar-refractivity contribution in [3.63, 3.8) is 0 Å². The van der Waals surface area contributed by atoms with Gasteiger partial charge in [-0.25, -0.2) is 0 Å². The van der Waals surface area contributed by atoms with Crippen LogP contribution in [0.3, 0.4) is 0 Å². The molecule has 0 bridgehead atoms. The van der Waals surface area contributed by atoms with Crippen LogP contribution in [0.2, 0.25) is 0 Å². The summed E-state index contributed by atoms with van der Waals surface area (Å²) in [6.07, 6.45) is 0. The van der Waals surface area contributed by atoms with E-state index in [1.807, 2.05) is 0 Å². The quantitative estimate of drug-likeness (QED) is 0.650. The van der Waals surface area contributed by atoms with Crippen LogP contribution in [0.25, 0.3) is 0 Å². The van der Waals surface area contributed by atoms with Crippen molar-refractivity contribution >= 4 is 17.3 Å². The topological polar surface area (TPSA) is 75.5 Å². The zero-order chi connectivity index (χ0) is 13.9.